The lowest BCUT2D eigenvalue weighted by Gasteiger charge is -2.27. The van der Waals surface area contributed by atoms with Crippen LogP contribution in [0.4, 0.5) is 17.6 Å². The van der Waals surface area contributed by atoms with Gasteiger partial charge in [-0.15, -0.1) is 0 Å². The van der Waals surface area contributed by atoms with Gasteiger partial charge in [-0.2, -0.15) is 17.6 Å². The van der Waals surface area contributed by atoms with E-state index in [1.807, 2.05) is 30.3 Å². The molecule has 196 valence electrons. The van der Waals surface area contributed by atoms with Gasteiger partial charge in [-0.1, -0.05) is 30.3 Å². The van der Waals surface area contributed by atoms with Gasteiger partial charge in [0.15, 0.2) is 0 Å². The topological polar surface area (TPSA) is 139 Å². The summed E-state index contributed by atoms with van der Waals surface area (Å²) < 4.78 is 47.0. The minimum absolute atomic E-state index is 0.161. The van der Waals surface area contributed by atoms with Gasteiger partial charge in [-0.05, 0) is 23.3 Å². The Kier molecular flexibility index (Phi) is 8.60. The molecule has 2 atom stereocenters. The van der Waals surface area contributed by atoms with E-state index in [0.717, 1.165) is 5.56 Å². The van der Waals surface area contributed by atoms with E-state index in [-0.39, 0.29) is 36.9 Å². The molecule has 0 bridgehead atoms. The van der Waals surface area contributed by atoms with Crippen LogP contribution in [0.2, 0.25) is 0 Å². The highest BCUT2D eigenvalue weighted by Gasteiger charge is 2.38. The van der Waals surface area contributed by atoms with Crippen LogP contribution < -0.4 is 16.4 Å². The van der Waals surface area contributed by atoms with Gasteiger partial charge in [-0.3, -0.25) is 9.59 Å². The number of hydrogen-bond acceptors (Lipinski definition) is 5. The first-order valence-corrected chi connectivity index (χ1v) is 11.0. The van der Waals surface area contributed by atoms with Gasteiger partial charge >= 0.3 is 12.1 Å². The summed E-state index contributed by atoms with van der Waals surface area (Å²) in [5.74, 6) is -3.73. The number of aliphatic carboxylic acids is 1. The highest BCUT2D eigenvalue weighted by Crippen LogP contribution is 2.28. The molecule has 4 rings (SSSR count). The van der Waals surface area contributed by atoms with Gasteiger partial charge < -0.3 is 26.0 Å². The third-order valence-corrected chi connectivity index (χ3v) is 5.47. The fourth-order valence-electron chi connectivity index (χ4n) is 3.70. The van der Waals surface area contributed by atoms with E-state index < -0.39 is 18.1 Å². The lowest BCUT2D eigenvalue weighted by Crippen LogP contribution is -2.41. The number of rotatable bonds is 6. The number of hydrogen-bond donors (Lipinski definition) is 4. The monoisotopic (exact) mass is 521 g/mol. The normalized spacial score (nSPS) is 15.5. The maximum Gasteiger partial charge on any atom is 0.490 e. The number of benzene rings is 1. The van der Waals surface area contributed by atoms with Crippen LogP contribution in [-0.2, 0) is 9.59 Å². The van der Waals surface area contributed by atoms with E-state index in [0.29, 0.717) is 23.4 Å². The number of carboxylic acid groups (broad SMARTS) is 1. The van der Waals surface area contributed by atoms with Gasteiger partial charge in [0, 0.05) is 43.5 Å². The third-order valence-electron chi connectivity index (χ3n) is 5.47. The summed E-state index contributed by atoms with van der Waals surface area (Å²) in [5, 5.41) is 12.9. The average molecular weight is 521 g/mol. The minimum atomic E-state index is -5.08. The minimum Gasteiger partial charge on any atom is -0.475 e. The van der Waals surface area contributed by atoms with E-state index in [1.54, 1.807) is 22.9 Å². The number of nitrogens with zero attached hydrogens (tertiary/aromatic N) is 2. The van der Waals surface area contributed by atoms with Crippen LogP contribution in [0.25, 0.3) is 11.1 Å². The summed E-state index contributed by atoms with van der Waals surface area (Å²) in [6.45, 7) is 0.611. The molecule has 0 unspecified atom stereocenters. The molecule has 0 fully saturated rings. The van der Waals surface area contributed by atoms with Crippen LogP contribution in [0.3, 0.4) is 0 Å². The predicted molar refractivity (Wildman–Crippen MR) is 124 cm³/mol. The Balaban J connectivity index is 0.000000479. The third kappa shape index (κ3) is 7.13. The number of nitrogens with one attached hydrogen (secondary N) is 2. The summed E-state index contributed by atoms with van der Waals surface area (Å²) in [6.07, 6.45) is -1.75. The summed E-state index contributed by atoms with van der Waals surface area (Å²) in [7, 11) is 0. The van der Waals surface area contributed by atoms with Crippen molar-refractivity contribution >= 4 is 17.8 Å². The zero-order chi connectivity index (χ0) is 27.2. The van der Waals surface area contributed by atoms with E-state index in [1.165, 1.54) is 12.3 Å². The van der Waals surface area contributed by atoms with Gasteiger partial charge in [0.25, 0.3) is 5.91 Å². The second kappa shape index (κ2) is 11.6. The number of fused-ring (bicyclic) bond motifs is 1. The predicted octanol–water partition coefficient (Wildman–Crippen LogP) is 2.81. The van der Waals surface area contributed by atoms with Crippen molar-refractivity contribution in [2.24, 2.45) is 5.73 Å². The SMILES string of the molecule is NC[C@@H](NC(=O)C[C@H]1CNC(=O)c2cc(-c3ccnc(F)c3)cn21)c1ccccc1.O=C(O)C(F)(F)F. The first-order valence-electron chi connectivity index (χ1n) is 11.0. The molecular weight excluding hydrogens is 498 g/mol. The molecular formula is C24H23F4N5O4. The average Bonchev–Trinajstić information content (AvgIpc) is 3.32. The first kappa shape index (κ1) is 27.3. The molecule has 2 amide bonds. The van der Waals surface area contributed by atoms with Crippen molar-refractivity contribution in [1.82, 2.24) is 20.2 Å². The Bertz CT molecular complexity index is 1260. The lowest BCUT2D eigenvalue weighted by atomic mass is 10.1. The van der Waals surface area contributed by atoms with Gasteiger partial charge in [0.1, 0.15) is 5.69 Å². The molecule has 2 aromatic heterocycles. The Labute approximate surface area is 208 Å². The molecule has 37 heavy (non-hydrogen) atoms. The maximum absolute atomic E-state index is 13.5. The van der Waals surface area contributed by atoms with E-state index in [4.69, 9.17) is 15.6 Å². The van der Waals surface area contributed by atoms with Crippen LogP contribution in [0.1, 0.15) is 34.6 Å². The number of nitrogens with two attached hydrogens (primary N) is 1. The molecule has 1 aromatic carbocycles. The summed E-state index contributed by atoms with van der Waals surface area (Å²) in [6, 6.07) is 13.7. The first-order chi connectivity index (χ1) is 17.5. The number of alkyl halides is 3. The Morgan fingerprint density at radius 2 is 1.86 bits per heavy atom. The van der Waals surface area contributed by atoms with Gasteiger partial charge in [0.05, 0.1) is 12.1 Å². The summed E-state index contributed by atoms with van der Waals surface area (Å²) >= 11 is 0. The molecule has 0 aliphatic carbocycles. The highest BCUT2D eigenvalue weighted by molar-refractivity contribution is 5.95. The number of carbonyl (C=O) groups is 3. The molecule has 5 N–H and O–H groups in total. The standard InChI is InChI=1S/C22H22FN5O2.C2HF3O2/c23-20-9-15(6-7-25-20)16-8-19-22(30)26-12-17(28(19)13-16)10-21(29)27-18(11-24)14-4-2-1-3-5-14;3-2(4,5)1(6)7/h1-9,13,17-18H,10-12,24H2,(H,26,30)(H,27,29);(H,6,7)/t17-,18+;/m0./s1. The van der Waals surface area contributed by atoms with Crippen molar-refractivity contribution in [2.45, 2.75) is 24.7 Å². The Morgan fingerprint density at radius 1 is 1.19 bits per heavy atom. The zero-order valence-corrected chi connectivity index (χ0v) is 19.2. The van der Waals surface area contributed by atoms with E-state index in [9.17, 15) is 27.2 Å². The van der Waals surface area contributed by atoms with Crippen molar-refractivity contribution in [3.8, 4) is 11.1 Å². The lowest BCUT2D eigenvalue weighted by molar-refractivity contribution is -0.192. The van der Waals surface area contributed by atoms with Crippen molar-refractivity contribution in [1.29, 1.82) is 0 Å². The van der Waals surface area contributed by atoms with Crippen molar-refractivity contribution in [2.75, 3.05) is 13.1 Å². The molecule has 9 nitrogen and oxygen atoms in total. The van der Waals surface area contributed by atoms with Crippen LogP contribution in [-0.4, -0.2) is 51.7 Å². The van der Waals surface area contributed by atoms with Crippen LogP contribution >= 0.6 is 0 Å². The maximum atomic E-state index is 13.5. The molecule has 0 saturated carbocycles. The van der Waals surface area contributed by atoms with Crippen molar-refractivity contribution in [3.05, 3.63) is 78.1 Å². The second-order valence-corrected chi connectivity index (χ2v) is 8.03. The van der Waals surface area contributed by atoms with Crippen LogP contribution in [0.5, 0.6) is 0 Å². The number of pyridine rings is 1. The van der Waals surface area contributed by atoms with Crippen LogP contribution in [0.15, 0.2) is 60.9 Å². The quantitative estimate of drug-likeness (QED) is 0.291. The number of carboxylic acids is 1. The molecule has 0 radical (unpaired) electrons. The fraction of sp³-hybridized carbons (Fsp3) is 0.250. The van der Waals surface area contributed by atoms with E-state index in [2.05, 4.69) is 15.6 Å². The smallest absolute Gasteiger partial charge is 0.475 e. The Morgan fingerprint density at radius 3 is 2.46 bits per heavy atom. The molecule has 3 heterocycles. The van der Waals surface area contributed by atoms with Gasteiger partial charge in [0.2, 0.25) is 11.9 Å². The number of carbonyl (C=O) groups excluding carboxylic acids is 2. The fourth-order valence-corrected chi connectivity index (χ4v) is 3.70. The Hall–Kier alpha value is -4.26. The van der Waals surface area contributed by atoms with E-state index >= 15 is 0 Å². The summed E-state index contributed by atoms with van der Waals surface area (Å²) in [5.41, 5.74) is 8.53. The molecule has 1 aliphatic heterocycles. The van der Waals surface area contributed by atoms with Gasteiger partial charge in [-0.25, -0.2) is 9.78 Å². The molecule has 1 aliphatic rings. The second-order valence-electron chi connectivity index (χ2n) is 8.03. The molecule has 13 heteroatoms. The number of halogens is 4. The largest absolute Gasteiger partial charge is 0.490 e. The summed E-state index contributed by atoms with van der Waals surface area (Å²) in [4.78, 5) is 37.5. The highest BCUT2D eigenvalue weighted by atomic mass is 19.4. The van der Waals surface area contributed by atoms with Crippen molar-refractivity contribution in [3.63, 3.8) is 0 Å². The number of aromatic nitrogens is 2. The number of amides is 2. The molecule has 3 aromatic rings. The molecule has 0 saturated heterocycles. The zero-order valence-electron chi connectivity index (χ0n) is 19.2. The van der Waals surface area contributed by atoms with Crippen molar-refractivity contribution < 1.29 is 37.1 Å². The molecule has 0 spiro atoms. The van der Waals surface area contributed by atoms with Crippen LogP contribution in [0, 0.1) is 5.95 Å².